The van der Waals surface area contributed by atoms with Crippen molar-refractivity contribution < 1.29 is 9.47 Å². The van der Waals surface area contributed by atoms with Crippen LogP contribution in [0.5, 0.6) is 11.5 Å². The zero-order valence-electron chi connectivity index (χ0n) is 8.46. The molecule has 0 bridgehead atoms. The van der Waals surface area contributed by atoms with E-state index in [2.05, 4.69) is 0 Å². The van der Waals surface area contributed by atoms with Crippen LogP contribution in [0.25, 0.3) is 0 Å². The molecule has 1 aromatic carbocycles. The van der Waals surface area contributed by atoms with Gasteiger partial charge in [-0.05, 0) is 32.4 Å². The van der Waals surface area contributed by atoms with Gasteiger partial charge in [-0.2, -0.15) is 0 Å². The van der Waals surface area contributed by atoms with Crippen molar-refractivity contribution in [2.45, 2.75) is 20.8 Å². The van der Waals surface area contributed by atoms with Gasteiger partial charge in [-0.3, -0.25) is 0 Å². The molecule has 0 fully saturated rings. The molecule has 2 heteroatoms. The third-order valence-corrected chi connectivity index (χ3v) is 1.76. The second-order valence-corrected chi connectivity index (χ2v) is 2.77. The van der Waals surface area contributed by atoms with Crippen LogP contribution < -0.4 is 9.47 Å². The van der Waals surface area contributed by atoms with E-state index in [0.717, 1.165) is 17.1 Å². The third kappa shape index (κ3) is 2.38. The zero-order valence-corrected chi connectivity index (χ0v) is 8.46. The molecular weight excluding hydrogens is 164 g/mol. The molecule has 2 nitrogen and oxygen atoms in total. The summed E-state index contributed by atoms with van der Waals surface area (Å²) in [4.78, 5) is 0. The summed E-state index contributed by atoms with van der Waals surface area (Å²) >= 11 is 0. The third-order valence-electron chi connectivity index (χ3n) is 1.76. The van der Waals surface area contributed by atoms with E-state index in [4.69, 9.17) is 9.47 Å². The fraction of sp³-hybridized carbons (Fsp3) is 0.455. The van der Waals surface area contributed by atoms with Gasteiger partial charge in [-0.1, -0.05) is 12.1 Å². The average Bonchev–Trinajstić information content (AvgIpc) is 2.11. The van der Waals surface area contributed by atoms with Gasteiger partial charge in [-0.15, -0.1) is 0 Å². The highest BCUT2D eigenvalue weighted by Gasteiger charge is 2.05. The van der Waals surface area contributed by atoms with Crippen LogP contribution in [0.4, 0.5) is 0 Å². The first-order valence-corrected chi connectivity index (χ1v) is 4.64. The summed E-state index contributed by atoms with van der Waals surface area (Å²) < 4.78 is 10.9. The van der Waals surface area contributed by atoms with Gasteiger partial charge in [0.15, 0.2) is 11.5 Å². The fourth-order valence-electron chi connectivity index (χ4n) is 1.22. The Hall–Kier alpha value is -1.18. The molecule has 1 aromatic rings. The molecular formula is C11H16O2. The smallest absolute Gasteiger partial charge is 0.164 e. The van der Waals surface area contributed by atoms with Crippen molar-refractivity contribution in [1.29, 1.82) is 0 Å². The van der Waals surface area contributed by atoms with Crippen LogP contribution in [0.2, 0.25) is 0 Å². The van der Waals surface area contributed by atoms with E-state index < -0.39 is 0 Å². The Bertz CT molecular complexity index is 269. The van der Waals surface area contributed by atoms with E-state index in [1.165, 1.54) is 0 Å². The van der Waals surface area contributed by atoms with E-state index in [1.54, 1.807) is 0 Å². The predicted molar refractivity (Wildman–Crippen MR) is 53.5 cm³/mol. The Morgan fingerprint density at radius 1 is 1.08 bits per heavy atom. The minimum atomic E-state index is 0.670. The number of benzene rings is 1. The van der Waals surface area contributed by atoms with Gasteiger partial charge in [0.2, 0.25) is 0 Å². The lowest BCUT2D eigenvalue weighted by atomic mass is 10.2. The van der Waals surface area contributed by atoms with Gasteiger partial charge in [0, 0.05) is 0 Å². The lowest BCUT2D eigenvalue weighted by Gasteiger charge is -2.12. The van der Waals surface area contributed by atoms with Crippen LogP contribution in [0.1, 0.15) is 19.4 Å². The predicted octanol–water partition coefficient (Wildman–Crippen LogP) is 2.79. The van der Waals surface area contributed by atoms with Gasteiger partial charge in [0.05, 0.1) is 13.2 Å². The molecule has 0 aliphatic rings. The van der Waals surface area contributed by atoms with Crippen molar-refractivity contribution in [3.05, 3.63) is 23.8 Å². The number of para-hydroxylation sites is 1. The minimum absolute atomic E-state index is 0.670. The summed E-state index contributed by atoms with van der Waals surface area (Å²) in [7, 11) is 0. The normalized spacial score (nSPS) is 9.77. The number of rotatable bonds is 4. The lowest BCUT2D eigenvalue weighted by Crippen LogP contribution is -1.99. The monoisotopic (exact) mass is 180 g/mol. The summed E-state index contributed by atoms with van der Waals surface area (Å²) in [6.45, 7) is 7.31. The molecule has 0 amide bonds. The molecule has 72 valence electrons. The van der Waals surface area contributed by atoms with Gasteiger partial charge in [0.25, 0.3) is 0 Å². The Labute approximate surface area is 79.5 Å². The van der Waals surface area contributed by atoms with Crippen LogP contribution in [0.15, 0.2) is 18.2 Å². The van der Waals surface area contributed by atoms with Crippen molar-refractivity contribution >= 4 is 0 Å². The van der Waals surface area contributed by atoms with Gasteiger partial charge < -0.3 is 9.47 Å². The maximum Gasteiger partial charge on any atom is 0.164 e. The summed E-state index contributed by atoms with van der Waals surface area (Å²) in [5.74, 6) is 1.70. The van der Waals surface area contributed by atoms with Gasteiger partial charge in [0.1, 0.15) is 0 Å². The topological polar surface area (TPSA) is 18.5 Å². The second-order valence-electron chi connectivity index (χ2n) is 2.77. The molecule has 1 rings (SSSR count). The molecule has 0 aromatic heterocycles. The summed E-state index contributed by atoms with van der Waals surface area (Å²) in [6.07, 6.45) is 0. The Kier molecular flexibility index (Phi) is 3.62. The van der Waals surface area contributed by atoms with Crippen LogP contribution in [0, 0.1) is 6.92 Å². The number of hydrogen-bond acceptors (Lipinski definition) is 2. The minimum Gasteiger partial charge on any atom is -0.490 e. The van der Waals surface area contributed by atoms with Crippen LogP contribution in [-0.4, -0.2) is 13.2 Å². The van der Waals surface area contributed by atoms with E-state index in [-0.39, 0.29) is 0 Å². The molecule has 0 N–H and O–H groups in total. The number of ether oxygens (including phenoxy) is 2. The van der Waals surface area contributed by atoms with Gasteiger partial charge in [-0.25, -0.2) is 0 Å². The highest BCUT2D eigenvalue weighted by molar-refractivity contribution is 5.45. The first kappa shape index (κ1) is 9.90. The molecule has 0 heterocycles. The van der Waals surface area contributed by atoms with E-state index in [0.29, 0.717) is 13.2 Å². The standard InChI is InChI=1S/C11H16O2/c1-4-12-10-8-6-7-9(3)11(10)13-5-2/h6-8H,4-5H2,1-3H3. The van der Waals surface area contributed by atoms with Crippen molar-refractivity contribution in [3.63, 3.8) is 0 Å². The zero-order chi connectivity index (χ0) is 9.68. The molecule has 0 saturated carbocycles. The van der Waals surface area contributed by atoms with Crippen molar-refractivity contribution in [3.8, 4) is 11.5 Å². The first-order chi connectivity index (χ1) is 6.29. The Morgan fingerprint density at radius 3 is 2.38 bits per heavy atom. The Balaban J connectivity index is 2.95. The molecule has 0 radical (unpaired) electrons. The number of aryl methyl sites for hydroxylation is 1. The van der Waals surface area contributed by atoms with Crippen LogP contribution in [0.3, 0.4) is 0 Å². The largest absolute Gasteiger partial charge is 0.490 e. The molecule has 0 atom stereocenters. The summed E-state index contributed by atoms with van der Waals surface area (Å²) in [5, 5.41) is 0. The molecule has 0 aliphatic carbocycles. The molecule has 0 unspecified atom stereocenters. The second kappa shape index (κ2) is 4.75. The maximum absolute atomic E-state index is 5.50. The van der Waals surface area contributed by atoms with E-state index >= 15 is 0 Å². The van der Waals surface area contributed by atoms with Crippen molar-refractivity contribution in [1.82, 2.24) is 0 Å². The quantitative estimate of drug-likeness (QED) is 0.709. The first-order valence-electron chi connectivity index (χ1n) is 4.64. The molecule has 13 heavy (non-hydrogen) atoms. The lowest BCUT2D eigenvalue weighted by molar-refractivity contribution is 0.286. The summed E-state index contributed by atoms with van der Waals surface area (Å²) in [5.41, 5.74) is 1.12. The van der Waals surface area contributed by atoms with Crippen LogP contribution >= 0.6 is 0 Å². The van der Waals surface area contributed by atoms with Crippen LogP contribution in [-0.2, 0) is 0 Å². The highest BCUT2D eigenvalue weighted by atomic mass is 16.5. The van der Waals surface area contributed by atoms with Crippen molar-refractivity contribution in [2.24, 2.45) is 0 Å². The maximum atomic E-state index is 5.50. The van der Waals surface area contributed by atoms with Gasteiger partial charge >= 0.3 is 0 Å². The SMILES string of the molecule is CCOc1cccc(C)c1OCC. The molecule has 0 spiro atoms. The highest BCUT2D eigenvalue weighted by Crippen LogP contribution is 2.30. The van der Waals surface area contributed by atoms with E-state index in [9.17, 15) is 0 Å². The molecule has 0 aliphatic heterocycles. The fourth-order valence-corrected chi connectivity index (χ4v) is 1.22. The Morgan fingerprint density at radius 2 is 1.77 bits per heavy atom. The van der Waals surface area contributed by atoms with Crippen molar-refractivity contribution in [2.75, 3.05) is 13.2 Å². The molecule has 0 saturated heterocycles. The average molecular weight is 180 g/mol. The van der Waals surface area contributed by atoms with E-state index in [1.807, 2.05) is 39.0 Å². The number of hydrogen-bond donors (Lipinski definition) is 0. The summed E-state index contributed by atoms with van der Waals surface area (Å²) in [6, 6.07) is 5.93.